The Balaban J connectivity index is 1.74. The third kappa shape index (κ3) is 6.06. The zero-order valence-electron chi connectivity index (χ0n) is 21.5. The lowest BCUT2D eigenvalue weighted by molar-refractivity contribution is 0.414. The van der Waals surface area contributed by atoms with Crippen LogP contribution in [0.1, 0.15) is 16.7 Å². The highest BCUT2D eigenvalue weighted by Gasteiger charge is 2.28. The molecule has 0 saturated heterocycles. The molecule has 3 aromatic carbocycles. The van der Waals surface area contributed by atoms with Crippen molar-refractivity contribution in [3.05, 3.63) is 120 Å². The number of nitriles is 1. The summed E-state index contributed by atoms with van der Waals surface area (Å²) < 4.78 is 64.4. The number of methoxy groups -OCH3 is 1. The lowest BCUT2D eigenvalue weighted by atomic mass is 9.95. The van der Waals surface area contributed by atoms with Crippen molar-refractivity contribution in [1.82, 2.24) is 4.31 Å². The number of benzene rings is 3. The molecule has 3 aromatic rings. The molecule has 0 fully saturated rings. The van der Waals surface area contributed by atoms with Crippen LogP contribution in [0.2, 0.25) is 0 Å². The van der Waals surface area contributed by atoms with E-state index in [1.54, 1.807) is 48.5 Å². The van der Waals surface area contributed by atoms with Gasteiger partial charge in [-0.3, -0.25) is 0 Å². The molecular weight excluding hydrogens is 536 g/mol. The predicted molar refractivity (Wildman–Crippen MR) is 147 cm³/mol. The first-order valence-corrected chi connectivity index (χ1v) is 14.7. The van der Waals surface area contributed by atoms with E-state index in [-0.39, 0.29) is 21.1 Å². The molecule has 0 amide bonds. The second-order valence-corrected chi connectivity index (χ2v) is 12.2. The standard InChI is InChI=1S/C29H26N2O6S2/c1-21-4-12-26(13-5-21)38(32,33)31-18-16-23(17-19-31)28(20-30)29(24-8-10-25(36-3)11-9-24)37-39(34,35)27-14-6-22(2)7-15-27/h4-19,23H,1-3H3/b29-28+. The van der Waals surface area contributed by atoms with E-state index in [2.05, 4.69) is 6.07 Å². The highest BCUT2D eigenvalue weighted by molar-refractivity contribution is 7.89. The van der Waals surface area contributed by atoms with Crippen LogP contribution in [0, 0.1) is 31.1 Å². The van der Waals surface area contributed by atoms with Crippen LogP contribution in [0.3, 0.4) is 0 Å². The van der Waals surface area contributed by atoms with Crippen molar-refractivity contribution >= 4 is 25.9 Å². The summed E-state index contributed by atoms with van der Waals surface area (Å²) in [5.41, 5.74) is 2.12. The van der Waals surface area contributed by atoms with Gasteiger partial charge in [0, 0.05) is 23.9 Å². The average Bonchev–Trinajstić information content (AvgIpc) is 2.93. The fourth-order valence-electron chi connectivity index (χ4n) is 3.78. The van der Waals surface area contributed by atoms with Gasteiger partial charge in [-0.15, -0.1) is 0 Å². The van der Waals surface area contributed by atoms with Gasteiger partial charge < -0.3 is 8.92 Å². The molecule has 1 aliphatic rings. The molecule has 0 aromatic heterocycles. The minimum Gasteiger partial charge on any atom is -0.497 e. The van der Waals surface area contributed by atoms with E-state index >= 15 is 0 Å². The van der Waals surface area contributed by atoms with Gasteiger partial charge in [0.15, 0.2) is 5.76 Å². The van der Waals surface area contributed by atoms with Crippen LogP contribution in [0.5, 0.6) is 5.75 Å². The van der Waals surface area contributed by atoms with Gasteiger partial charge in [-0.05, 0) is 62.4 Å². The van der Waals surface area contributed by atoms with Gasteiger partial charge in [0.1, 0.15) is 10.6 Å². The summed E-state index contributed by atoms with van der Waals surface area (Å²) in [7, 11) is -6.67. The Kier molecular flexibility index (Phi) is 7.95. The Labute approximate surface area is 228 Å². The van der Waals surface area contributed by atoms with Gasteiger partial charge in [-0.25, -0.2) is 12.7 Å². The van der Waals surface area contributed by atoms with Gasteiger partial charge in [0.05, 0.1) is 23.6 Å². The summed E-state index contributed by atoms with van der Waals surface area (Å²) in [5, 5.41) is 10.1. The van der Waals surface area contributed by atoms with Crippen molar-refractivity contribution in [2.75, 3.05) is 7.11 Å². The van der Waals surface area contributed by atoms with Crippen LogP contribution >= 0.6 is 0 Å². The number of sulfonamides is 1. The molecule has 0 radical (unpaired) electrons. The molecule has 10 heteroatoms. The van der Waals surface area contributed by atoms with E-state index < -0.39 is 26.1 Å². The first kappa shape index (κ1) is 27.7. The van der Waals surface area contributed by atoms with E-state index in [1.165, 1.54) is 55.9 Å². The average molecular weight is 563 g/mol. The number of hydrogen-bond acceptors (Lipinski definition) is 7. The zero-order chi connectivity index (χ0) is 28.2. The second-order valence-electron chi connectivity index (χ2n) is 8.79. The normalized spacial score (nSPS) is 14.5. The first-order chi connectivity index (χ1) is 18.5. The number of aryl methyl sites for hydroxylation is 2. The summed E-state index contributed by atoms with van der Waals surface area (Å²) in [6.07, 6.45) is 5.65. The summed E-state index contributed by atoms with van der Waals surface area (Å²) in [4.78, 5) is 0.0461. The van der Waals surface area contributed by atoms with Gasteiger partial charge >= 0.3 is 10.1 Å². The first-order valence-electron chi connectivity index (χ1n) is 11.8. The van der Waals surface area contributed by atoms with Crippen LogP contribution in [0.15, 0.2) is 113 Å². The molecule has 200 valence electrons. The molecular formula is C29H26N2O6S2. The van der Waals surface area contributed by atoms with E-state index in [9.17, 15) is 22.1 Å². The number of rotatable bonds is 8. The molecule has 0 spiro atoms. The fraction of sp³-hybridized carbons (Fsp3) is 0.138. The van der Waals surface area contributed by atoms with Gasteiger partial charge in [-0.1, -0.05) is 47.5 Å². The van der Waals surface area contributed by atoms with Crippen molar-refractivity contribution < 1.29 is 25.8 Å². The predicted octanol–water partition coefficient (Wildman–Crippen LogP) is 5.30. The largest absolute Gasteiger partial charge is 0.497 e. The molecule has 8 nitrogen and oxygen atoms in total. The molecule has 0 bridgehead atoms. The Bertz CT molecular complexity index is 1680. The SMILES string of the molecule is COc1ccc(/C(OS(=O)(=O)c2ccc(C)cc2)=C(/C#N)C2C=CN(S(=O)(=O)c3ccc(C)cc3)C=C2)cc1. The van der Waals surface area contributed by atoms with Crippen LogP contribution in [-0.4, -0.2) is 28.3 Å². The molecule has 0 atom stereocenters. The monoisotopic (exact) mass is 562 g/mol. The molecule has 0 unspecified atom stereocenters. The zero-order valence-corrected chi connectivity index (χ0v) is 23.1. The topological polar surface area (TPSA) is 114 Å². The quantitative estimate of drug-likeness (QED) is 0.208. The van der Waals surface area contributed by atoms with Crippen LogP contribution in [-0.2, 0) is 24.3 Å². The molecule has 39 heavy (non-hydrogen) atoms. The molecule has 4 rings (SSSR count). The van der Waals surface area contributed by atoms with E-state index in [4.69, 9.17) is 8.92 Å². The van der Waals surface area contributed by atoms with E-state index in [0.717, 1.165) is 15.4 Å². The smallest absolute Gasteiger partial charge is 0.339 e. The Hall–Kier alpha value is -4.33. The number of allylic oxidation sites excluding steroid dienone is 3. The maximum atomic E-state index is 13.2. The highest BCUT2D eigenvalue weighted by Crippen LogP contribution is 2.33. The Morgan fingerprint density at radius 1 is 0.795 bits per heavy atom. The van der Waals surface area contributed by atoms with E-state index in [1.807, 2.05) is 13.8 Å². The van der Waals surface area contributed by atoms with Gasteiger partial charge in [0.25, 0.3) is 10.0 Å². The van der Waals surface area contributed by atoms with E-state index in [0.29, 0.717) is 11.3 Å². The number of nitrogens with zero attached hydrogens (tertiary/aromatic N) is 2. The minimum absolute atomic E-state index is 0.0178. The van der Waals surface area contributed by atoms with Gasteiger partial charge in [0.2, 0.25) is 0 Å². The third-order valence-corrected chi connectivity index (χ3v) is 8.93. The van der Waals surface area contributed by atoms with Crippen molar-refractivity contribution in [1.29, 1.82) is 5.26 Å². The lowest BCUT2D eigenvalue weighted by Gasteiger charge is -2.22. The molecule has 1 aliphatic heterocycles. The molecule has 1 heterocycles. The molecule has 0 N–H and O–H groups in total. The van der Waals surface area contributed by atoms with Crippen LogP contribution < -0.4 is 4.74 Å². The van der Waals surface area contributed by atoms with Crippen molar-refractivity contribution in [2.45, 2.75) is 23.6 Å². The minimum atomic E-state index is -4.30. The molecule has 0 saturated carbocycles. The van der Waals surface area contributed by atoms with Gasteiger partial charge in [-0.2, -0.15) is 13.7 Å². The maximum Gasteiger partial charge on any atom is 0.339 e. The highest BCUT2D eigenvalue weighted by atomic mass is 32.2. The third-order valence-electron chi connectivity index (χ3n) is 6.03. The number of hydrogen-bond donors (Lipinski definition) is 0. The fourth-order valence-corrected chi connectivity index (χ4v) is 5.94. The van der Waals surface area contributed by atoms with Crippen molar-refractivity contribution in [2.24, 2.45) is 5.92 Å². The van der Waals surface area contributed by atoms with Crippen LogP contribution in [0.4, 0.5) is 0 Å². The summed E-state index contributed by atoms with van der Waals surface area (Å²) >= 11 is 0. The Morgan fingerprint density at radius 3 is 1.79 bits per heavy atom. The van der Waals surface area contributed by atoms with Crippen LogP contribution in [0.25, 0.3) is 5.76 Å². The van der Waals surface area contributed by atoms with Crippen molar-refractivity contribution in [3.63, 3.8) is 0 Å². The lowest BCUT2D eigenvalue weighted by Crippen LogP contribution is -2.23. The maximum absolute atomic E-state index is 13.2. The second kappa shape index (κ2) is 11.2. The summed E-state index contributed by atoms with van der Waals surface area (Å²) in [6, 6.07) is 21.1. The van der Waals surface area contributed by atoms with Crippen molar-refractivity contribution in [3.8, 4) is 11.8 Å². The summed E-state index contributed by atoms with van der Waals surface area (Å²) in [5.74, 6) is -0.396. The number of ether oxygens (including phenoxy) is 1. The Morgan fingerprint density at radius 2 is 1.31 bits per heavy atom. The molecule has 0 aliphatic carbocycles. The summed E-state index contributed by atoms with van der Waals surface area (Å²) in [6.45, 7) is 3.69.